The topological polar surface area (TPSA) is 91.1 Å². The molecule has 1 aromatic carbocycles. The minimum Gasteiger partial charge on any atom is -0.361 e. The van der Waals surface area contributed by atoms with Crippen molar-refractivity contribution in [2.75, 3.05) is 19.6 Å². The normalized spacial score (nSPS) is 11.6. The van der Waals surface area contributed by atoms with Crippen molar-refractivity contribution in [1.82, 2.24) is 25.8 Å². The number of H-pyrrole nitrogens is 1. The van der Waals surface area contributed by atoms with Crippen LogP contribution in [0.1, 0.15) is 44.0 Å². The highest BCUT2D eigenvalue weighted by molar-refractivity contribution is 14.0. The third-order valence-corrected chi connectivity index (χ3v) is 4.30. The lowest BCUT2D eigenvalue weighted by Gasteiger charge is -2.10. The first-order valence-electron chi connectivity index (χ1n) is 9.57. The smallest absolute Gasteiger partial charge is 0.228 e. The van der Waals surface area contributed by atoms with E-state index in [9.17, 15) is 0 Å². The molecule has 0 unspecified atom stereocenters. The van der Waals surface area contributed by atoms with Crippen LogP contribution >= 0.6 is 24.0 Å². The average Bonchev–Trinajstić information content (AvgIpc) is 3.29. The Bertz CT molecular complexity index is 886. The maximum Gasteiger partial charge on any atom is 0.228 e. The fourth-order valence-electron chi connectivity index (χ4n) is 2.86. The molecule has 0 saturated heterocycles. The molecule has 0 spiro atoms. The first-order chi connectivity index (χ1) is 13.2. The third-order valence-electron chi connectivity index (χ3n) is 4.30. The van der Waals surface area contributed by atoms with Crippen LogP contribution < -0.4 is 10.6 Å². The number of rotatable bonds is 8. The van der Waals surface area contributed by atoms with Gasteiger partial charge >= 0.3 is 0 Å². The van der Waals surface area contributed by atoms with Gasteiger partial charge in [-0.3, -0.25) is 4.99 Å². The van der Waals surface area contributed by atoms with Crippen LogP contribution in [0.3, 0.4) is 0 Å². The lowest BCUT2D eigenvalue weighted by atomic mass is 10.1. The molecule has 0 fully saturated rings. The molecule has 0 amide bonds. The van der Waals surface area contributed by atoms with E-state index in [1.807, 2.05) is 19.9 Å². The van der Waals surface area contributed by atoms with Gasteiger partial charge in [0, 0.05) is 42.5 Å². The van der Waals surface area contributed by atoms with Gasteiger partial charge in [-0.25, -0.2) is 0 Å². The van der Waals surface area contributed by atoms with Crippen molar-refractivity contribution in [3.05, 3.63) is 47.7 Å². The number of guanidine groups is 1. The summed E-state index contributed by atoms with van der Waals surface area (Å²) < 4.78 is 5.26. The predicted molar refractivity (Wildman–Crippen MR) is 123 cm³/mol. The van der Waals surface area contributed by atoms with E-state index >= 15 is 0 Å². The van der Waals surface area contributed by atoms with Crippen molar-refractivity contribution in [2.24, 2.45) is 4.99 Å². The summed E-state index contributed by atoms with van der Waals surface area (Å²) in [6.07, 6.45) is 3.65. The molecule has 3 N–H and O–H groups in total. The molecule has 3 aromatic rings. The molecule has 0 atom stereocenters. The Morgan fingerprint density at radius 1 is 1.21 bits per heavy atom. The minimum atomic E-state index is 0. The van der Waals surface area contributed by atoms with Crippen LogP contribution in [0.2, 0.25) is 0 Å². The fourth-order valence-corrected chi connectivity index (χ4v) is 2.86. The second kappa shape index (κ2) is 11.0. The van der Waals surface area contributed by atoms with Gasteiger partial charge in [-0.15, -0.1) is 24.0 Å². The second-order valence-corrected chi connectivity index (χ2v) is 6.75. The van der Waals surface area contributed by atoms with Crippen LogP contribution in [0.4, 0.5) is 0 Å². The number of hydrogen-bond acceptors (Lipinski definition) is 4. The first-order valence-corrected chi connectivity index (χ1v) is 9.57. The van der Waals surface area contributed by atoms with Crippen LogP contribution in [-0.4, -0.2) is 40.7 Å². The standard InChI is InChI=1S/C20H28N6O.HI/c1-4-21-20(23-12-10-18-25-19(14(2)3)26-27-18)22-11-9-15-13-24-17-8-6-5-7-16(15)17;/h5-8,13-14,24H,4,9-12H2,1-3H3,(H2,21,22,23);1H. The number of aliphatic imine (C=N–C) groups is 1. The Balaban J connectivity index is 0.00000280. The van der Waals surface area contributed by atoms with Crippen LogP contribution in [0.25, 0.3) is 10.9 Å². The summed E-state index contributed by atoms with van der Waals surface area (Å²) in [5.41, 5.74) is 2.48. The molecule has 7 nitrogen and oxygen atoms in total. The number of aromatic nitrogens is 3. The van der Waals surface area contributed by atoms with Crippen molar-refractivity contribution < 1.29 is 4.52 Å². The number of para-hydroxylation sites is 1. The van der Waals surface area contributed by atoms with Gasteiger partial charge in [-0.1, -0.05) is 37.2 Å². The molecule has 152 valence electrons. The summed E-state index contributed by atoms with van der Waals surface area (Å²) in [7, 11) is 0. The molecular weight excluding hydrogens is 467 g/mol. The van der Waals surface area contributed by atoms with Crippen molar-refractivity contribution in [3.8, 4) is 0 Å². The SMILES string of the molecule is CCNC(=NCCc1nc(C(C)C)no1)NCCc1c[nH]c2ccccc12.I. The number of benzene rings is 1. The van der Waals surface area contributed by atoms with Gasteiger partial charge < -0.3 is 20.1 Å². The highest BCUT2D eigenvalue weighted by Crippen LogP contribution is 2.17. The predicted octanol–water partition coefficient (Wildman–Crippen LogP) is 3.63. The van der Waals surface area contributed by atoms with E-state index in [1.165, 1.54) is 16.5 Å². The fraction of sp³-hybridized carbons (Fsp3) is 0.450. The van der Waals surface area contributed by atoms with Crippen LogP contribution in [-0.2, 0) is 12.8 Å². The summed E-state index contributed by atoms with van der Waals surface area (Å²) in [5.74, 6) is 2.46. The van der Waals surface area contributed by atoms with Crippen LogP contribution in [0.5, 0.6) is 0 Å². The van der Waals surface area contributed by atoms with Gasteiger partial charge in [0.15, 0.2) is 11.8 Å². The Morgan fingerprint density at radius 3 is 2.79 bits per heavy atom. The number of nitrogens with zero attached hydrogens (tertiary/aromatic N) is 3. The maximum atomic E-state index is 5.26. The lowest BCUT2D eigenvalue weighted by Crippen LogP contribution is -2.38. The largest absolute Gasteiger partial charge is 0.361 e. The summed E-state index contributed by atoms with van der Waals surface area (Å²) in [6, 6.07) is 8.36. The van der Waals surface area contributed by atoms with Crippen molar-refractivity contribution in [1.29, 1.82) is 0 Å². The van der Waals surface area contributed by atoms with E-state index in [0.717, 1.165) is 31.3 Å². The molecule has 3 rings (SSSR count). The van der Waals surface area contributed by atoms with Gasteiger partial charge in [0.1, 0.15) is 0 Å². The number of nitrogens with one attached hydrogen (secondary N) is 3. The number of fused-ring (bicyclic) bond motifs is 1. The number of halogens is 1. The number of aromatic amines is 1. The van der Waals surface area contributed by atoms with E-state index in [4.69, 9.17) is 4.52 Å². The van der Waals surface area contributed by atoms with E-state index in [2.05, 4.69) is 62.1 Å². The Kier molecular flexibility index (Phi) is 8.75. The second-order valence-electron chi connectivity index (χ2n) is 6.75. The molecular formula is C20H29IN6O. The van der Waals surface area contributed by atoms with E-state index < -0.39 is 0 Å². The molecule has 0 saturated carbocycles. The molecule has 0 aliphatic carbocycles. The average molecular weight is 496 g/mol. The zero-order valence-corrected chi connectivity index (χ0v) is 19.0. The maximum absolute atomic E-state index is 5.26. The van der Waals surface area contributed by atoms with Crippen molar-refractivity contribution >= 4 is 40.8 Å². The Morgan fingerprint density at radius 2 is 2.04 bits per heavy atom. The molecule has 0 aliphatic rings. The Labute approximate surface area is 182 Å². The molecule has 28 heavy (non-hydrogen) atoms. The summed E-state index contributed by atoms with van der Waals surface area (Å²) >= 11 is 0. The van der Waals surface area contributed by atoms with E-state index in [0.29, 0.717) is 18.9 Å². The van der Waals surface area contributed by atoms with Gasteiger partial charge in [0.05, 0.1) is 6.54 Å². The minimum absolute atomic E-state index is 0. The highest BCUT2D eigenvalue weighted by Gasteiger charge is 2.09. The quantitative estimate of drug-likeness (QED) is 0.252. The molecule has 0 radical (unpaired) electrons. The van der Waals surface area contributed by atoms with Crippen LogP contribution in [0, 0.1) is 0 Å². The van der Waals surface area contributed by atoms with Crippen molar-refractivity contribution in [2.45, 2.75) is 39.5 Å². The molecule has 0 bridgehead atoms. The summed E-state index contributed by atoms with van der Waals surface area (Å²) in [5, 5.41) is 11.9. The molecule has 8 heteroatoms. The highest BCUT2D eigenvalue weighted by atomic mass is 127. The van der Waals surface area contributed by atoms with Crippen LogP contribution in [0.15, 0.2) is 40.0 Å². The van der Waals surface area contributed by atoms with E-state index in [-0.39, 0.29) is 29.9 Å². The summed E-state index contributed by atoms with van der Waals surface area (Å²) in [4.78, 5) is 12.3. The van der Waals surface area contributed by atoms with E-state index in [1.54, 1.807) is 0 Å². The van der Waals surface area contributed by atoms with Gasteiger partial charge in [0.2, 0.25) is 5.89 Å². The molecule has 2 aromatic heterocycles. The van der Waals surface area contributed by atoms with Gasteiger partial charge in [-0.05, 0) is 25.0 Å². The summed E-state index contributed by atoms with van der Waals surface area (Å²) in [6.45, 7) is 8.38. The molecule has 2 heterocycles. The third kappa shape index (κ3) is 5.95. The lowest BCUT2D eigenvalue weighted by molar-refractivity contribution is 0.372. The van der Waals surface area contributed by atoms with Gasteiger partial charge in [-0.2, -0.15) is 4.98 Å². The number of hydrogen-bond donors (Lipinski definition) is 3. The van der Waals surface area contributed by atoms with Crippen molar-refractivity contribution in [3.63, 3.8) is 0 Å². The Hall–Kier alpha value is -2.10. The monoisotopic (exact) mass is 496 g/mol. The molecule has 0 aliphatic heterocycles. The first kappa shape index (κ1) is 22.2. The zero-order valence-electron chi connectivity index (χ0n) is 16.7. The van der Waals surface area contributed by atoms with Gasteiger partial charge in [0.25, 0.3) is 0 Å². The zero-order chi connectivity index (χ0) is 19.1.